The van der Waals surface area contributed by atoms with Crippen molar-refractivity contribution in [3.8, 4) is 0 Å². The Bertz CT molecular complexity index is 793. The summed E-state index contributed by atoms with van der Waals surface area (Å²) in [6.07, 6.45) is 2.95. The molecule has 0 amide bonds. The van der Waals surface area contributed by atoms with E-state index in [1.807, 2.05) is 0 Å². The molecule has 0 atom stereocenters. The van der Waals surface area contributed by atoms with Gasteiger partial charge in [0, 0.05) is 17.6 Å². The molecular formula is C10H8N6O3S. The van der Waals surface area contributed by atoms with Gasteiger partial charge in [-0.15, -0.1) is 16.4 Å². The molecule has 102 valence electrons. The SMILES string of the molecule is O=C(Cn1cnnn1)OCc1cc(=O)n2ccsc2n1. The predicted molar refractivity (Wildman–Crippen MR) is 67.0 cm³/mol. The molecule has 3 heterocycles. The Morgan fingerprint density at radius 1 is 1.45 bits per heavy atom. The van der Waals surface area contributed by atoms with E-state index in [4.69, 9.17) is 4.74 Å². The van der Waals surface area contributed by atoms with E-state index in [2.05, 4.69) is 20.5 Å². The first-order valence-electron chi connectivity index (χ1n) is 5.54. The molecule has 0 saturated heterocycles. The van der Waals surface area contributed by atoms with Gasteiger partial charge < -0.3 is 4.74 Å². The zero-order chi connectivity index (χ0) is 13.9. The van der Waals surface area contributed by atoms with Crippen LogP contribution in [0.5, 0.6) is 0 Å². The highest BCUT2D eigenvalue weighted by molar-refractivity contribution is 7.15. The Morgan fingerprint density at radius 3 is 3.15 bits per heavy atom. The largest absolute Gasteiger partial charge is 0.458 e. The monoisotopic (exact) mass is 292 g/mol. The topological polar surface area (TPSA) is 104 Å². The zero-order valence-electron chi connectivity index (χ0n) is 10.0. The minimum absolute atomic E-state index is 0.0649. The number of tetrazole rings is 1. The standard InChI is InChI=1S/C10H8N6O3S/c17-8-3-7(12-10-16(8)1-2-20-10)5-19-9(18)4-15-6-11-13-14-15/h1-3,6H,4-5H2. The van der Waals surface area contributed by atoms with Crippen molar-refractivity contribution in [2.75, 3.05) is 0 Å². The highest BCUT2D eigenvalue weighted by Gasteiger charge is 2.08. The molecule has 0 N–H and O–H groups in total. The molecule has 3 rings (SSSR count). The van der Waals surface area contributed by atoms with E-state index in [0.29, 0.717) is 10.7 Å². The van der Waals surface area contributed by atoms with Crippen molar-refractivity contribution in [1.29, 1.82) is 0 Å². The van der Waals surface area contributed by atoms with Crippen LogP contribution in [0.4, 0.5) is 0 Å². The van der Waals surface area contributed by atoms with Crippen LogP contribution < -0.4 is 5.56 Å². The Kier molecular flexibility index (Phi) is 3.21. The molecule has 0 radical (unpaired) electrons. The lowest BCUT2D eigenvalue weighted by atomic mass is 10.4. The van der Waals surface area contributed by atoms with E-state index < -0.39 is 5.97 Å². The van der Waals surface area contributed by atoms with Gasteiger partial charge in [0.1, 0.15) is 19.5 Å². The fraction of sp³-hybridized carbons (Fsp3) is 0.200. The second-order valence-electron chi connectivity index (χ2n) is 3.81. The quantitative estimate of drug-likeness (QED) is 0.596. The Morgan fingerprint density at radius 2 is 2.35 bits per heavy atom. The summed E-state index contributed by atoms with van der Waals surface area (Å²) >= 11 is 1.33. The Balaban J connectivity index is 1.67. The van der Waals surface area contributed by atoms with Gasteiger partial charge in [0.2, 0.25) is 0 Å². The average Bonchev–Trinajstić information content (AvgIpc) is 3.07. The maximum atomic E-state index is 11.7. The van der Waals surface area contributed by atoms with Gasteiger partial charge in [0.05, 0.1) is 5.69 Å². The number of hydrogen-bond acceptors (Lipinski definition) is 8. The van der Waals surface area contributed by atoms with Crippen molar-refractivity contribution in [3.63, 3.8) is 0 Å². The summed E-state index contributed by atoms with van der Waals surface area (Å²) < 4.78 is 7.69. The molecule has 0 saturated carbocycles. The van der Waals surface area contributed by atoms with Crippen LogP contribution in [-0.4, -0.2) is 35.6 Å². The number of carbonyl (C=O) groups is 1. The van der Waals surface area contributed by atoms with Crippen molar-refractivity contribution in [3.05, 3.63) is 40.0 Å². The minimum Gasteiger partial charge on any atom is -0.458 e. The van der Waals surface area contributed by atoms with Crippen LogP contribution in [0.15, 0.2) is 28.8 Å². The van der Waals surface area contributed by atoms with Gasteiger partial charge in [0.25, 0.3) is 5.56 Å². The first-order chi connectivity index (χ1) is 9.72. The van der Waals surface area contributed by atoms with Gasteiger partial charge >= 0.3 is 5.97 Å². The van der Waals surface area contributed by atoms with Crippen molar-refractivity contribution >= 4 is 22.3 Å². The Hall–Kier alpha value is -2.62. The number of aromatic nitrogens is 6. The number of fused-ring (bicyclic) bond motifs is 1. The van der Waals surface area contributed by atoms with Crippen LogP contribution in [0.2, 0.25) is 0 Å². The van der Waals surface area contributed by atoms with Crippen molar-refractivity contribution in [2.24, 2.45) is 0 Å². The normalized spacial score (nSPS) is 10.8. The first-order valence-corrected chi connectivity index (χ1v) is 6.42. The molecule has 0 aromatic carbocycles. The fourth-order valence-corrected chi connectivity index (χ4v) is 2.29. The Labute approximate surface area is 115 Å². The summed E-state index contributed by atoms with van der Waals surface area (Å²) in [6, 6.07) is 1.34. The van der Waals surface area contributed by atoms with Crippen molar-refractivity contribution < 1.29 is 9.53 Å². The van der Waals surface area contributed by atoms with Crippen LogP contribution in [-0.2, 0) is 22.7 Å². The van der Waals surface area contributed by atoms with Gasteiger partial charge in [-0.1, -0.05) is 0 Å². The molecule has 0 unspecified atom stereocenters. The van der Waals surface area contributed by atoms with Gasteiger partial charge in [-0.25, -0.2) is 9.67 Å². The van der Waals surface area contributed by atoms with Gasteiger partial charge in [-0.3, -0.25) is 14.0 Å². The number of ether oxygens (including phenoxy) is 1. The third-order valence-corrected chi connectivity index (χ3v) is 3.18. The van der Waals surface area contributed by atoms with E-state index in [1.165, 1.54) is 32.8 Å². The van der Waals surface area contributed by atoms with Crippen LogP contribution >= 0.6 is 11.3 Å². The lowest BCUT2D eigenvalue weighted by Crippen LogP contribution is -2.17. The van der Waals surface area contributed by atoms with E-state index in [9.17, 15) is 9.59 Å². The summed E-state index contributed by atoms with van der Waals surface area (Å²) in [5, 5.41) is 12.1. The average molecular weight is 292 g/mol. The minimum atomic E-state index is -0.509. The fourth-order valence-electron chi connectivity index (χ4n) is 1.55. The third-order valence-electron chi connectivity index (χ3n) is 2.42. The molecule has 3 aromatic heterocycles. The molecule has 0 aliphatic rings. The summed E-state index contributed by atoms with van der Waals surface area (Å²) in [4.78, 5) is 28.0. The zero-order valence-corrected chi connectivity index (χ0v) is 10.9. The molecule has 3 aromatic rings. The smallest absolute Gasteiger partial charge is 0.328 e. The van der Waals surface area contributed by atoms with E-state index >= 15 is 0 Å². The van der Waals surface area contributed by atoms with Crippen LogP contribution in [0.25, 0.3) is 4.96 Å². The predicted octanol–water partition coefficient (Wildman–Crippen LogP) is -0.514. The maximum absolute atomic E-state index is 11.7. The summed E-state index contributed by atoms with van der Waals surface area (Å²) in [7, 11) is 0. The maximum Gasteiger partial charge on any atom is 0.328 e. The molecule has 0 bridgehead atoms. The van der Waals surface area contributed by atoms with Crippen molar-refractivity contribution in [2.45, 2.75) is 13.2 Å². The summed E-state index contributed by atoms with van der Waals surface area (Å²) in [5.74, 6) is -0.509. The lowest BCUT2D eigenvalue weighted by Gasteiger charge is -2.03. The third kappa shape index (κ3) is 2.54. The van der Waals surface area contributed by atoms with Crippen LogP contribution in [0, 0.1) is 0 Å². The van der Waals surface area contributed by atoms with Crippen LogP contribution in [0.3, 0.4) is 0 Å². The first kappa shape index (κ1) is 12.4. The molecule has 0 fully saturated rings. The summed E-state index contributed by atoms with van der Waals surface area (Å²) in [5.41, 5.74) is 0.199. The molecule has 10 heteroatoms. The summed E-state index contributed by atoms with van der Waals surface area (Å²) in [6.45, 7) is -0.155. The molecule has 0 aliphatic heterocycles. The molecular weight excluding hydrogens is 284 g/mol. The number of thiazole rings is 1. The van der Waals surface area contributed by atoms with Crippen molar-refractivity contribution in [1.82, 2.24) is 29.6 Å². The number of nitrogens with zero attached hydrogens (tertiary/aromatic N) is 6. The molecule has 9 nitrogen and oxygen atoms in total. The highest BCUT2D eigenvalue weighted by Crippen LogP contribution is 2.07. The number of rotatable bonds is 4. The van der Waals surface area contributed by atoms with E-state index in [1.54, 1.807) is 11.6 Å². The number of esters is 1. The molecule has 0 spiro atoms. The van der Waals surface area contributed by atoms with Gasteiger partial charge in [-0.05, 0) is 10.4 Å². The molecule has 0 aliphatic carbocycles. The van der Waals surface area contributed by atoms with Gasteiger partial charge in [0.15, 0.2) is 4.96 Å². The highest BCUT2D eigenvalue weighted by atomic mass is 32.1. The van der Waals surface area contributed by atoms with E-state index in [-0.39, 0.29) is 18.7 Å². The second-order valence-corrected chi connectivity index (χ2v) is 4.68. The lowest BCUT2D eigenvalue weighted by molar-refractivity contribution is -0.146. The molecule has 20 heavy (non-hydrogen) atoms. The van der Waals surface area contributed by atoms with Gasteiger partial charge in [-0.2, -0.15) is 0 Å². The van der Waals surface area contributed by atoms with Crippen LogP contribution in [0.1, 0.15) is 5.69 Å². The van der Waals surface area contributed by atoms with E-state index in [0.717, 1.165) is 0 Å². The number of hydrogen-bond donors (Lipinski definition) is 0. The number of carbonyl (C=O) groups excluding carboxylic acids is 1. The second kappa shape index (κ2) is 5.17.